The summed E-state index contributed by atoms with van der Waals surface area (Å²) in [6.07, 6.45) is -4.00. The molecule has 0 aliphatic heterocycles. The van der Waals surface area contributed by atoms with Crippen LogP contribution in [0.15, 0.2) is 17.2 Å². The molecule has 0 aromatic heterocycles. The van der Waals surface area contributed by atoms with E-state index in [0.717, 1.165) is 0 Å². The van der Waals surface area contributed by atoms with Gasteiger partial charge in [-0.15, -0.1) is 0 Å². The first-order chi connectivity index (χ1) is 8.21. The first kappa shape index (κ1) is 14.2. The molecule has 0 aliphatic rings. The van der Waals surface area contributed by atoms with Crippen LogP contribution in [0.3, 0.4) is 0 Å². The van der Waals surface area contributed by atoms with Crippen molar-refractivity contribution in [3.63, 3.8) is 0 Å². The van der Waals surface area contributed by atoms with Crippen LogP contribution >= 0.6 is 11.6 Å². The van der Waals surface area contributed by atoms with E-state index >= 15 is 0 Å². The Morgan fingerprint density at radius 2 is 2.06 bits per heavy atom. The van der Waals surface area contributed by atoms with E-state index in [1.54, 1.807) is 5.43 Å². The standard InChI is InChI=1S/C9H6ClF4N3O/c10-6-2-5(9(12,13)14)1-4(7(6)11)3-16-17-8(15)18/h1-3H,(H3,15,17,18). The molecule has 1 aromatic rings. The minimum Gasteiger partial charge on any atom is -0.350 e. The number of nitrogens with one attached hydrogen (secondary N) is 1. The Morgan fingerprint density at radius 3 is 2.56 bits per heavy atom. The minimum absolute atomic E-state index is 0.454. The number of rotatable bonds is 2. The highest BCUT2D eigenvalue weighted by atomic mass is 35.5. The van der Waals surface area contributed by atoms with Crippen molar-refractivity contribution in [1.29, 1.82) is 0 Å². The smallest absolute Gasteiger partial charge is 0.350 e. The molecule has 0 atom stereocenters. The second kappa shape index (κ2) is 5.21. The highest BCUT2D eigenvalue weighted by molar-refractivity contribution is 6.31. The molecule has 0 saturated carbocycles. The molecule has 9 heteroatoms. The lowest BCUT2D eigenvalue weighted by Crippen LogP contribution is -2.24. The molecule has 1 rings (SSSR count). The van der Waals surface area contributed by atoms with Gasteiger partial charge in [0.2, 0.25) is 0 Å². The molecule has 0 saturated heterocycles. The molecule has 1 aromatic carbocycles. The number of hydrazone groups is 1. The van der Waals surface area contributed by atoms with Crippen LogP contribution in [-0.2, 0) is 6.18 Å². The Kier molecular flexibility index (Phi) is 4.12. The summed E-state index contributed by atoms with van der Waals surface area (Å²) in [7, 11) is 0. The number of primary amides is 1. The third kappa shape index (κ3) is 3.59. The third-order valence-electron chi connectivity index (χ3n) is 1.76. The summed E-state index contributed by atoms with van der Waals surface area (Å²) in [5, 5.41) is 2.45. The van der Waals surface area contributed by atoms with E-state index in [4.69, 9.17) is 11.6 Å². The predicted molar refractivity (Wildman–Crippen MR) is 56.7 cm³/mol. The number of alkyl halides is 3. The van der Waals surface area contributed by atoms with Crippen molar-refractivity contribution in [3.8, 4) is 0 Å². The number of nitrogens with two attached hydrogens (primary N) is 1. The van der Waals surface area contributed by atoms with Gasteiger partial charge in [-0.1, -0.05) is 11.6 Å². The average Bonchev–Trinajstić information content (AvgIpc) is 2.22. The molecule has 2 amide bonds. The van der Waals surface area contributed by atoms with Crippen molar-refractivity contribution in [2.75, 3.05) is 0 Å². The molecule has 0 aliphatic carbocycles. The van der Waals surface area contributed by atoms with Gasteiger partial charge in [0.15, 0.2) is 5.82 Å². The number of hydrogen-bond acceptors (Lipinski definition) is 2. The van der Waals surface area contributed by atoms with Crippen LogP contribution in [0, 0.1) is 5.82 Å². The highest BCUT2D eigenvalue weighted by Crippen LogP contribution is 2.32. The molecular formula is C9H6ClF4N3O. The average molecular weight is 284 g/mol. The van der Waals surface area contributed by atoms with Crippen LogP contribution in [0.5, 0.6) is 0 Å². The van der Waals surface area contributed by atoms with Gasteiger partial charge in [-0.2, -0.15) is 18.3 Å². The normalized spacial score (nSPS) is 11.8. The fourth-order valence-corrected chi connectivity index (χ4v) is 1.26. The van der Waals surface area contributed by atoms with E-state index < -0.39 is 34.2 Å². The zero-order valence-electron chi connectivity index (χ0n) is 8.55. The maximum absolute atomic E-state index is 13.4. The molecule has 4 nitrogen and oxygen atoms in total. The number of benzene rings is 1. The van der Waals surface area contributed by atoms with Crippen molar-refractivity contribution in [2.24, 2.45) is 10.8 Å². The van der Waals surface area contributed by atoms with Crippen molar-refractivity contribution in [2.45, 2.75) is 6.18 Å². The summed E-state index contributed by atoms with van der Waals surface area (Å²) in [5.74, 6) is -1.08. The van der Waals surface area contributed by atoms with Gasteiger partial charge >= 0.3 is 12.2 Å². The van der Waals surface area contributed by atoms with Crippen LogP contribution in [0.2, 0.25) is 5.02 Å². The van der Waals surface area contributed by atoms with E-state index in [1.165, 1.54) is 0 Å². The second-order valence-corrected chi connectivity index (χ2v) is 3.50. The molecular weight excluding hydrogens is 278 g/mol. The number of carbonyl (C=O) groups is 1. The number of amides is 2. The molecule has 0 bridgehead atoms. The summed E-state index contributed by atoms with van der Waals surface area (Å²) >= 11 is 5.32. The predicted octanol–water partition coefficient (Wildman–Crippen LogP) is 2.50. The quantitative estimate of drug-likeness (QED) is 0.489. The number of carbonyl (C=O) groups excluding carboxylic acids is 1. The largest absolute Gasteiger partial charge is 0.416 e. The number of halogens is 5. The molecule has 0 unspecified atom stereocenters. The molecule has 0 heterocycles. The van der Waals surface area contributed by atoms with E-state index in [9.17, 15) is 22.4 Å². The summed E-state index contributed by atoms with van der Waals surface area (Å²) in [6, 6.07) is -0.0758. The Balaban J connectivity index is 3.15. The zero-order valence-corrected chi connectivity index (χ0v) is 9.31. The maximum atomic E-state index is 13.4. The Labute approximate surface area is 103 Å². The second-order valence-electron chi connectivity index (χ2n) is 3.09. The lowest BCUT2D eigenvalue weighted by Gasteiger charge is -2.09. The van der Waals surface area contributed by atoms with Gasteiger partial charge in [0, 0.05) is 5.56 Å². The summed E-state index contributed by atoms with van der Waals surface area (Å²) in [4.78, 5) is 10.3. The van der Waals surface area contributed by atoms with Gasteiger partial charge in [0.25, 0.3) is 0 Å². The molecule has 18 heavy (non-hydrogen) atoms. The number of hydrogen-bond donors (Lipinski definition) is 2. The van der Waals surface area contributed by atoms with Crippen LogP contribution in [-0.4, -0.2) is 12.2 Å². The number of nitrogens with zero attached hydrogens (tertiary/aromatic N) is 1. The van der Waals surface area contributed by atoms with E-state index in [0.29, 0.717) is 18.3 Å². The van der Waals surface area contributed by atoms with Crippen LogP contribution < -0.4 is 11.2 Å². The summed E-state index contributed by atoms with van der Waals surface area (Å²) < 4.78 is 50.6. The van der Waals surface area contributed by atoms with Crippen LogP contribution in [0.25, 0.3) is 0 Å². The van der Waals surface area contributed by atoms with Gasteiger partial charge in [0.1, 0.15) is 0 Å². The van der Waals surface area contributed by atoms with Gasteiger partial charge in [-0.3, -0.25) is 0 Å². The fourth-order valence-electron chi connectivity index (χ4n) is 1.03. The van der Waals surface area contributed by atoms with E-state index in [-0.39, 0.29) is 0 Å². The Hall–Kier alpha value is -1.83. The van der Waals surface area contributed by atoms with Gasteiger partial charge in [0.05, 0.1) is 16.8 Å². The SMILES string of the molecule is NC(=O)NN=Cc1cc(C(F)(F)F)cc(Cl)c1F. The summed E-state index contributed by atoms with van der Waals surface area (Å²) in [6.45, 7) is 0. The number of urea groups is 1. The molecule has 0 radical (unpaired) electrons. The highest BCUT2D eigenvalue weighted by Gasteiger charge is 2.32. The first-order valence-electron chi connectivity index (χ1n) is 4.36. The van der Waals surface area contributed by atoms with Gasteiger partial charge in [-0.25, -0.2) is 14.6 Å². The minimum atomic E-state index is -4.67. The Bertz CT molecular complexity index is 501. The lowest BCUT2D eigenvalue weighted by molar-refractivity contribution is -0.137. The maximum Gasteiger partial charge on any atom is 0.416 e. The van der Waals surface area contributed by atoms with Crippen molar-refractivity contribution in [3.05, 3.63) is 34.1 Å². The van der Waals surface area contributed by atoms with Crippen LogP contribution in [0.1, 0.15) is 11.1 Å². The lowest BCUT2D eigenvalue weighted by atomic mass is 10.1. The summed E-state index contributed by atoms with van der Waals surface area (Å²) in [5.41, 5.74) is 4.72. The zero-order chi connectivity index (χ0) is 13.9. The van der Waals surface area contributed by atoms with Gasteiger partial charge < -0.3 is 5.73 Å². The van der Waals surface area contributed by atoms with Crippen molar-refractivity contribution >= 4 is 23.8 Å². The molecule has 0 fully saturated rings. The van der Waals surface area contributed by atoms with E-state index in [1.807, 2.05) is 0 Å². The third-order valence-corrected chi connectivity index (χ3v) is 2.04. The van der Waals surface area contributed by atoms with E-state index in [2.05, 4.69) is 10.8 Å². The molecule has 0 spiro atoms. The molecule has 3 N–H and O–H groups in total. The fraction of sp³-hybridized carbons (Fsp3) is 0.111. The topological polar surface area (TPSA) is 67.5 Å². The van der Waals surface area contributed by atoms with Crippen molar-refractivity contribution in [1.82, 2.24) is 5.43 Å². The first-order valence-corrected chi connectivity index (χ1v) is 4.74. The monoisotopic (exact) mass is 283 g/mol. The van der Waals surface area contributed by atoms with Gasteiger partial charge in [-0.05, 0) is 12.1 Å². The molecule has 98 valence electrons. The van der Waals surface area contributed by atoms with Crippen molar-refractivity contribution < 1.29 is 22.4 Å². The Morgan fingerprint density at radius 1 is 1.44 bits per heavy atom. The van der Waals surface area contributed by atoms with Crippen LogP contribution in [0.4, 0.5) is 22.4 Å².